The lowest BCUT2D eigenvalue weighted by atomic mass is 9.97. The van der Waals surface area contributed by atoms with E-state index in [9.17, 15) is 13.2 Å². The molecule has 1 amide bonds. The van der Waals surface area contributed by atoms with Crippen LogP contribution in [0.3, 0.4) is 0 Å². The van der Waals surface area contributed by atoms with Crippen LogP contribution in [0.2, 0.25) is 0 Å². The quantitative estimate of drug-likeness (QED) is 0.284. The number of rotatable bonds is 6. The summed E-state index contributed by atoms with van der Waals surface area (Å²) in [7, 11) is -3.77. The van der Waals surface area contributed by atoms with Gasteiger partial charge >= 0.3 is 0 Å². The van der Waals surface area contributed by atoms with Gasteiger partial charge in [-0.15, -0.1) is 0 Å². The van der Waals surface area contributed by atoms with E-state index in [4.69, 9.17) is 5.21 Å². The number of carbonyl (C=O) groups excluding carboxylic acids is 1. The van der Waals surface area contributed by atoms with Crippen molar-refractivity contribution in [1.29, 1.82) is 0 Å². The fourth-order valence-corrected chi connectivity index (χ4v) is 4.01. The van der Waals surface area contributed by atoms with Crippen molar-refractivity contribution in [2.24, 2.45) is 0 Å². The van der Waals surface area contributed by atoms with Gasteiger partial charge in [0.2, 0.25) is 0 Å². The summed E-state index contributed by atoms with van der Waals surface area (Å²) in [6.07, 6.45) is 1.25. The molecule has 0 saturated carbocycles. The molecule has 0 aliphatic heterocycles. The van der Waals surface area contributed by atoms with Crippen molar-refractivity contribution in [3.8, 4) is 0 Å². The molecular weight excluding hydrogens is 456 g/mol. The van der Waals surface area contributed by atoms with Crippen LogP contribution in [0.4, 0.5) is 5.69 Å². The summed E-state index contributed by atoms with van der Waals surface area (Å²) in [6.45, 7) is 0. The second-order valence-electron chi connectivity index (χ2n) is 6.04. The maximum absolute atomic E-state index is 12.6. The zero-order valence-electron chi connectivity index (χ0n) is 15.0. The van der Waals surface area contributed by atoms with Gasteiger partial charge in [0.15, 0.2) is 0 Å². The maximum atomic E-state index is 12.6. The molecule has 0 fully saturated rings. The monoisotopic (exact) mass is 472 g/mol. The molecule has 0 aromatic heterocycles. The van der Waals surface area contributed by atoms with Crippen LogP contribution in [0.15, 0.2) is 94.3 Å². The van der Waals surface area contributed by atoms with E-state index in [1.165, 1.54) is 18.2 Å². The van der Waals surface area contributed by atoms with Gasteiger partial charge in [-0.1, -0.05) is 58.4 Å². The minimum absolute atomic E-state index is 0.129. The maximum Gasteiger partial charge on any atom is 0.267 e. The highest BCUT2D eigenvalue weighted by atomic mass is 79.9. The first kappa shape index (κ1) is 20.8. The highest BCUT2D eigenvalue weighted by Gasteiger charge is 2.15. The SMILES string of the molecule is O=C(/C=C(\c1ccccc1)c1cccc(NS(=O)(=O)c2ccc(Br)cc2)c1)NO. The lowest BCUT2D eigenvalue weighted by Crippen LogP contribution is -2.16. The van der Waals surface area contributed by atoms with Gasteiger partial charge < -0.3 is 0 Å². The lowest BCUT2D eigenvalue weighted by Gasteiger charge is -2.12. The van der Waals surface area contributed by atoms with Gasteiger partial charge in [0, 0.05) is 16.2 Å². The number of amides is 1. The third kappa shape index (κ3) is 5.32. The number of sulfonamides is 1. The Labute approximate surface area is 177 Å². The fraction of sp³-hybridized carbons (Fsp3) is 0. The van der Waals surface area contributed by atoms with Crippen molar-refractivity contribution in [2.45, 2.75) is 4.90 Å². The molecule has 3 aromatic carbocycles. The van der Waals surface area contributed by atoms with Crippen molar-refractivity contribution >= 4 is 43.1 Å². The molecule has 3 rings (SSSR count). The average molecular weight is 473 g/mol. The van der Waals surface area contributed by atoms with E-state index in [0.29, 0.717) is 16.8 Å². The van der Waals surface area contributed by atoms with Gasteiger partial charge in [0.05, 0.1) is 4.90 Å². The molecule has 0 aliphatic carbocycles. The van der Waals surface area contributed by atoms with Gasteiger partial charge in [-0.25, -0.2) is 13.9 Å². The first-order chi connectivity index (χ1) is 13.9. The molecule has 0 spiro atoms. The van der Waals surface area contributed by atoms with Crippen LogP contribution in [-0.4, -0.2) is 19.5 Å². The molecule has 3 N–H and O–H groups in total. The number of nitrogens with one attached hydrogen (secondary N) is 2. The predicted molar refractivity (Wildman–Crippen MR) is 115 cm³/mol. The number of hydroxylamine groups is 1. The average Bonchev–Trinajstić information content (AvgIpc) is 2.72. The topological polar surface area (TPSA) is 95.5 Å². The molecule has 3 aromatic rings. The van der Waals surface area contributed by atoms with Gasteiger partial charge in [0.25, 0.3) is 15.9 Å². The van der Waals surface area contributed by atoms with Crippen LogP contribution in [0, 0.1) is 0 Å². The first-order valence-electron chi connectivity index (χ1n) is 8.49. The van der Waals surface area contributed by atoms with Crippen molar-refractivity contribution in [2.75, 3.05) is 4.72 Å². The van der Waals surface area contributed by atoms with E-state index in [-0.39, 0.29) is 4.90 Å². The van der Waals surface area contributed by atoms with Gasteiger partial charge in [-0.2, -0.15) is 0 Å². The van der Waals surface area contributed by atoms with E-state index in [2.05, 4.69) is 20.7 Å². The molecule has 29 heavy (non-hydrogen) atoms. The molecule has 0 radical (unpaired) electrons. The number of benzene rings is 3. The second kappa shape index (κ2) is 9.04. The van der Waals surface area contributed by atoms with E-state index < -0.39 is 15.9 Å². The van der Waals surface area contributed by atoms with E-state index in [0.717, 1.165) is 10.0 Å². The molecular formula is C21H17BrN2O4S. The third-order valence-corrected chi connectivity index (χ3v) is 5.95. The van der Waals surface area contributed by atoms with Crippen LogP contribution in [0.25, 0.3) is 5.57 Å². The molecule has 0 aliphatic rings. The van der Waals surface area contributed by atoms with Crippen LogP contribution in [-0.2, 0) is 14.8 Å². The van der Waals surface area contributed by atoms with Crippen molar-refractivity contribution < 1.29 is 18.4 Å². The Morgan fingerprint density at radius 1 is 0.897 bits per heavy atom. The summed E-state index contributed by atoms with van der Waals surface area (Å²) in [5, 5.41) is 8.89. The Kier molecular flexibility index (Phi) is 6.48. The second-order valence-corrected chi connectivity index (χ2v) is 8.64. The molecule has 0 atom stereocenters. The molecule has 0 heterocycles. The number of hydrogen-bond donors (Lipinski definition) is 3. The Morgan fingerprint density at radius 2 is 1.55 bits per heavy atom. The number of hydrogen-bond acceptors (Lipinski definition) is 4. The summed E-state index contributed by atoms with van der Waals surface area (Å²) in [6, 6.07) is 22.1. The molecule has 0 unspecified atom stereocenters. The van der Waals surface area contributed by atoms with Gasteiger partial charge in [-0.05, 0) is 53.1 Å². The number of carbonyl (C=O) groups is 1. The van der Waals surface area contributed by atoms with Gasteiger partial charge in [0.1, 0.15) is 0 Å². The summed E-state index contributed by atoms with van der Waals surface area (Å²) in [5.41, 5.74) is 3.80. The van der Waals surface area contributed by atoms with Crippen molar-refractivity contribution in [3.05, 3.63) is 101 Å². The molecule has 0 saturated heterocycles. The highest BCUT2D eigenvalue weighted by molar-refractivity contribution is 9.10. The molecule has 8 heteroatoms. The lowest BCUT2D eigenvalue weighted by molar-refractivity contribution is -0.124. The summed E-state index contributed by atoms with van der Waals surface area (Å²) >= 11 is 3.28. The largest absolute Gasteiger partial charge is 0.288 e. The van der Waals surface area contributed by atoms with Crippen LogP contribution in [0.5, 0.6) is 0 Å². The van der Waals surface area contributed by atoms with Crippen molar-refractivity contribution in [3.63, 3.8) is 0 Å². The summed E-state index contributed by atoms with van der Waals surface area (Å²) in [4.78, 5) is 11.9. The Balaban J connectivity index is 1.98. The Bertz CT molecular complexity index is 1140. The molecule has 0 bridgehead atoms. The minimum Gasteiger partial charge on any atom is -0.288 e. The number of halogens is 1. The highest BCUT2D eigenvalue weighted by Crippen LogP contribution is 2.27. The molecule has 148 valence electrons. The number of anilines is 1. The first-order valence-corrected chi connectivity index (χ1v) is 10.8. The van der Waals surface area contributed by atoms with Crippen LogP contribution >= 0.6 is 15.9 Å². The van der Waals surface area contributed by atoms with Crippen LogP contribution < -0.4 is 10.2 Å². The normalized spacial score (nSPS) is 11.7. The standard InChI is InChI=1S/C21H17BrN2O4S/c22-17-9-11-19(12-10-17)29(27,28)24-18-8-4-7-16(13-18)20(14-21(25)23-26)15-5-2-1-3-6-15/h1-14,24,26H,(H,23,25)/b20-14+. The zero-order valence-corrected chi connectivity index (χ0v) is 17.4. The zero-order chi connectivity index (χ0) is 20.9. The summed E-state index contributed by atoms with van der Waals surface area (Å²) in [5.74, 6) is -0.690. The predicted octanol–water partition coefficient (Wildman–Crippen LogP) is 4.19. The Morgan fingerprint density at radius 3 is 2.21 bits per heavy atom. The van der Waals surface area contributed by atoms with E-state index >= 15 is 0 Å². The minimum atomic E-state index is -3.77. The van der Waals surface area contributed by atoms with Crippen LogP contribution in [0.1, 0.15) is 11.1 Å². The van der Waals surface area contributed by atoms with Gasteiger partial charge in [-0.3, -0.25) is 14.7 Å². The fourth-order valence-electron chi connectivity index (χ4n) is 2.69. The van der Waals surface area contributed by atoms with E-state index in [1.807, 2.05) is 30.3 Å². The van der Waals surface area contributed by atoms with Crippen molar-refractivity contribution in [1.82, 2.24) is 5.48 Å². The smallest absolute Gasteiger partial charge is 0.267 e. The third-order valence-electron chi connectivity index (χ3n) is 4.02. The molecule has 6 nitrogen and oxygen atoms in total. The van der Waals surface area contributed by atoms with E-state index in [1.54, 1.807) is 41.9 Å². The summed E-state index contributed by atoms with van der Waals surface area (Å²) < 4.78 is 28.6. The Hall–Kier alpha value is -2.94.